The number of nitrogens with zero attached hydrogens (tertiary/aromatic N) is 1. The fourth-order valence-corrected chi connectivity index (χ4v) is 2.10. The van der Waals surface area contributed by atoms with Crippen LogP contribution >= 0.6 is 0 Å². The zero-order valence-electron chi connectivity index (χ0n) is 11.8. The first-order valence-corrected chi connectivity index (χ1v) is 6.18. The number of benzene rings is 1. The van der Waals surface area contributed by atoms with E-state index < -0.39 is 0 Å². The molecule has 0 spiro atoms. The average molecular weight is 254 g/mol. The number of ether oxygens (including phenoxy) is 1. The van der Waals surface area contributed by atoms with Gasteiger partial charge in [0.2, 0.25) is 0 Å². The number of likely N-dealkylation sites (N-methyl/N-ethyl adjacent to an activating group) is 1. The summed E-state index contributed by atoms with van der Waals surface area (Å²) in [5.41, 5.74) is 0.668. The fourth-order valence-electron chi connectivity index (χ4n) is 2.10. The van der Waals surface area contributed by atoms with Gasteiger partial charge in [-0.15, -0.1) is 0 Å². The van der Waals surface area contributed by atoms with Crippen molar-refractivity contribution in [3.8, 4) is 5.75 Å². The molecule has 0 fully saturated rings. The van der Waals surface area contributed by atoms with Crippen LogP contribution in [0, 0.1) is 5.82 Å². The van der Waals surface area contributed by atoms with Gasteiger partial charge in [-0.2, -0.15) is 0 Å². The Morgan fingerprint density at radius 3 is 2.50 bits per heavy atom. The summed E-state index contributed by atoms with van der Waals surface area (Å²) >= 11 is 0. The molecule has 4 heteroatoms. The molecule has 1 rings (SSSR count). The van der Waals surface area contributed by atoms with E-state index in [9.17, 15) is 4.39 Å². The number of rotatable bonds is 6. The Labute approximate surface area is 109 Å². The second kappa shape index (κ2) is 6.71. The van der Waals surface area contributed by atoms with E-state index in [4.69, 9.17) is 4.74 Å². The first kappa shape index (κ1) is 14.9. The van der Waals surface area contributed by atoms with Crippen molar-refractivity contribution in [2.45, 2.75) is 25.9 Å². The van der Waals surface area contributed by atoms with Gasteiger partial charge in [0.15, 0.2) is 0 Å². The van der Waals surface area contributed by atoms with Gasteiger partial charge in [-0.25, -0.2) is 4.39 Å². The van der Waals surface area contributed by atoms with Gasteiger partial charge in [-0.05, 0) is 34.0 Å². The third-order valence-corrected chi connectivity index (χ3v) is 2.85. The monoisotopic (exact) mass is 254 g/mol. The highest BCUT2D eigenvalue weighted by atomic mass is 19.1. The number of nitrogens with one attached hydrogen (secondary N) is 1. The molecule has 0 amide bonds. The maximum absolute atomic E-state index is 13.9. The van der Waals surface area contributed by atoms with Crippen LogP contribution in [0.3, 0.4) is 0 Å². The number of halogens is 1. The Kier molecular flexibility index (Phi) is 5.56. The van der Waals surface area contributed by atoms with Gasteiger partial charge in [0.25, 0.3) is 0 Å². The van der Waals surface area contributed by atoms with E-state index in [1.807, 2.05) is 21.0 Å². The topological polar surface area (TPSA) is 24.5 Å². The SMILES string of the molecule is COc1ccc(C(C)NC(C)CN(C)C)c(F)c1. The minimum absolute atomic E-state index is 0.0224. The van der Waals surface area contributed by atoms with Gasteiger partial charge in [0.05, 0.1) is 7.11 Å². The minimum atomic E-state index is -0.230. The largest absolute Gasteiger partial charge is 0.497 e. The van der Waals surface area contributed by atoms with Crippen molar-refractivity contribution in [3.05, 3.63) is 29.6 Å². The zero-order chi connectivity index (χ0) is 13.7. The van der Waals surface area contributed by atoms with Crippen LogP contribution in [-0.4, -0.2) is 38.7 Å². The minimum Gasteiger partial charge on any atom is -0.497 e. The molecule has 1 aromatic rings. The Balaban J connectivity index is 2.69. The van der Waals surface area contributed by atoms with Crippen molar-refractivity contribution in [2.75, 3.05) is 27.7 Å². The molecule has 0 aliphatic rings. The fraction of sp³-hybridized carbons (Fsp3) is 0.571. The molecule has 0 aliphatic carbocycles. The van der Waals surface area contributed by atoms with Crippen LogP contribution in [0.2, 0.25) is 0 Å². The van der Waals surface area contributed by atoms with Crippen LogP contribution in [0.1, 0.15) is 25.5 Å². The highest BCUT2D eigenvalue weighted by Gasteiger charge is 2.14. The second-order valence-corrected chi connectivity index (χ2v) is 4.94. The molecule has 3 nitrogen and oxygen atoms in total. The lowest BCUT2D eigenvalue weighted by Gasteiger charge is -2.23. The molecule has 0 aliphatic heterocycles. The summed E-state index contributed by atoms with van der Waals surface area (Å²) in [6.45, 7) is 4.98. The summed E-state index contributed by atoms with van der Waals surface area (Å²) in [5, 5.41) is 3.38. The van der Waals surface area contributed by atoms with Gasteiger partial charge in [0, 0.05) is 30.3 Å². The molecule has 18 heavy (non-hydrogen) atoms. The maximum Gasteiger partial charge on any atom is 0.131 e. The Morgan fingerprint density at radius 1 is 1.33 bits per heavy atom. The molecule has 102 valence electrons. The third kappa shape index (κ3) is 4.27. The molecular formula is C14H23FN2O. The lowest BCUT2D eigenvalue weighted by Crippen LogP contribution is -2.37. The predicted octanol–water partition coefficient (Wildman–Crippen LogP) is 2.44. The first-order valence-electron chi connectivity index (χ1n) is 6.18. The normalized spacial score (nSPS) is 14.6. The molecule has 0 radical (unpaired) electrons. The molecule has 0 aromatic heterocycles. The molecule has 2 unspecified atom stereocenters. The van der Waals surface area contributed by atoms with E-state index in [0.717, 1.165) is 6.54 Å². The van der Waals surface area contributed by atoms with Crippen LogP contribution in [0.5, 0.6) is 5.75 Å². The highest BCUT2D eigenvalue weighted by molar-refractivity contribution is 5.30. The molecule has 1 N–H and O–H groups in total. The van der Waals surface area contributed by atoms with Crippen LogP contribution < -0.4 is 10.1 Å². The van der Waals surface area contributed by atoms with Gasteiger partial charge in [0.1, 0.15) is 11.6 Å². The van der Waals surface area contributed by atoms with Gasteiger partial charge < -0.3 is 15.0 Å². The maximum atomic E-state index is 13.9. The number of hydrogen-bond donors (Lipinski definition) is 1. The molecule has 2 atom stereocenters. The predicted molar refractivity (Wildman–Crippen MR) is 72.5 cm³/mol. The lowest BCUT2D eigenvalue weighted by molar-refractivity contribution is 0.332. The van der Waals surface area contributed by atoms with E-state index in [-0.39, 0.29) is 11.9 Å². The molecule has 1 aromatic carbocycles. The van der Waals surface area contributed by atoms with Crippen LogP contribution in [0.25, 0.3) is 0 Å². The summed E-state index contributed by atoms with van der Waals surface area (Å²) in [6.07, 6.45) is 0. The standard InChI is InChI=1S/C14H23FN2O/c1-10(9-17(3)4)16-11(2)13-7-6-12(18-5)8-14(13)15/h6-8,10-11,16H,9H2,1-5H3. The summed E-state index contributed by atoms with van der Waals surface area (Å²) in [6, 6.07) is 5.26. The van der Waals surface area contributed by atoms with Crippen molar-refractivity contribution in [3.63, 3.8) is 0 Å². The van der Waals surface area contributed by atoms with Crippen LogP contribution in [0.15, 0.2) is 18.2 Å². The van der Waals surface area contributed by atoms with E-state index in [1.54, 1.807) is 12.1 Å². The summed E-state index contributed by atoms with van der Waals surface area (Å²) < 4.78 is 18.9. The third-order valence-electron chi connectivity index (χ3n) is 2.85. The highest BCUT2D eigenvalue weighted by Crippen LogP contribution is 2.21. The van der Waals surface area contributed by atoms with Crippen LogP contribution in [0.4, 0.5) is 4.39 Å². The second-order valence-electron chi connectivity index (χ2n) is 4.94. The average Bonchev–Trinajstić information content (AvgIpc) is 2.27. The summed E-state index contributed by atoms with van der Waals surface area (Å²) in [4.78, 5) is 2.11. The van der Waals surface area contributed by atoms with E-state index in [1.165, 1.54) is 13.2 Å². The van der Waals surface area contributed by atoms with Gasteiger partial charge >= 0.3 is 0 Å². The van der Waals surface area contributed by atoms with E-state index >= 15 is 0 Å². The molecule has 0 heterocycles. The molecule has 0 bridgehead atoms. The lowest BCUT2D eigenvalue weighted by atomic mass is 10.1. The van der Waals surface area contributed by atoms with Crippen LogP contribution in [-0.2, 0) is 0 Å². The Hall–Kier alpha value is -1.13. The molecule has 0 saturated heterocycles. The smallest absolute Gasteiger partial charge is 0.131 e. The van der Waals surface area contributed by atoms with Crippen molar-refractivity contribution < 1.29 is 9.13 Å². The van der Waals surface area contributed by atoms with Crippen molar-refractivity contribution in [1.82, 2.24) is 10.2 Å². The number of methoxy groups -OCH3 is 1. The number of hydrogen-bond acceptors (Lipinski definition) is 3. The van der Waals surface area contributed by atoms with Gasteiger partial charge in [-0.1, -0.05) is 6.07 Å². The van der Waals surface area contributed by atoms with E-state index in [2.05, 4.69) is 17.1 Å². The molecular weight excluding hydrogens is 231 g/mol. The summed E-state index contributed by atoms with van der Waals surface area (Å²) in [5.74, 6) is 0.316. The molecule has 0 saturated carbocycles. The summed E-state index contributed by atoms with van der Waals surface area (Å²) in [7, 11) is 5.59. The quantitative estimate of drug-likeness (QED) is 0.844. The Morgan fingerprint density at radius 2 is 2.00 bits per heavy atom. The van der Waals surface area contributed by atoms with Crippen molar-refractivity contribution in [2.24, 2.45) is 0 Å². The first-order chi connectivity index (χ1) is 8.43. The van der Waals surface area contributed by atoms with Crippen molar-refractivity contribution >= 4 is 0 Å². The zero-order valence-corrected chi connectivity index (χ0v) is 11.8. The van der Waals surface area contributed by atoms with E-state index in [0.29, 0.717) is 17.4 Å². The van der Waals surface area contributed by atoms with Crippen molar-refractivity contribution in [1.29, 1.82) is 0 Å². The Bertz CT molecular complexity index is 382. The van der Waals surface area contributed by atoms with Gasteiger partial charge in [-0.3, -0.25) is 0 Å².